The van der Waals surface area contributed by atoms with E-state index in [1.54, 1.807) is 9.47 Å². The highest BCUT2D eigenvalue weighted by molar-refractivity contribution is 6.30. The molecule has 1 aromatic carbocycles. The second-order valence-electron chi connectivity index (χ2n) is 9.84. The number of hydrogen-bond donors (Lipinski definition) is 2. The van der Waals surface area contributed by atoms with Crippen LogP contribution in [0.4, 0.5) is 0 Å². The molecule has 2 N–H and O–H groups in total. The van der Waals surface area contributed by atoms with Gasteiger partial charge in [-0.3, -0.25) is 14.4 Å². The lowest BCUT2D eigenvalue weighted by Gasteiger charge is -2.44. The lowest BCUT2D eigenvalue weighted by atomic mass is 9.93. The van der Waals surface area contributed by atoms with E-state index in [-0.39, 0.29) is 47.7 Å². The Kier molecular flexibility index (Phi) is 6.10. The van der Waals surface area contributed by atoms with E-state index < -0.39 is 5.54 Å². The molecule has 2 heterocycles. The maximum absolute atomic E-state index is 13.7. The molecule has 2 saturated carbocycles. The molecule has 1 unspecified atom stereocenters. The molecule has 3 amide bonds. The van der Waals surface area contributed by atoms with Crippen molar-refractivity contribution in [3.8, 4) is 0 Å². The molecule has 1 aliphatic heterocycles. The second kappa shape index (κ2) is 9.06. The van der Waals surface area contributed by atoms with Crippen LogP contribution in [0.25, 0.3) is 0 Å². The van der Waals surface area contributed by atoms with Crippen LogP contribution >= 0.6 is 11.6 Å². The Hall–Kier alpha value is -2.87. The zero-order valence-electron chi connectivity index (χ0n) is 19.3. The summed E-state index contributed by atoms with van der Waals surface area (Å²) in [6, 6.07) is 7.66. The fourth-order valence-corrected chi connectivity index (χ4v) is 5.31. The van der Waals surface area contributed by atoms with Crippen LogP contribution in [0, 0.1) is 0 Å². The zero-order valence-corrected chi connectivity index (χ0v) is 20.1. The summed E-state index contributed by atoms with van der Waals surface area (Å²) in [6.45, 7) is 2.53. The normalized spacial score (nSPS) is 22.5. The molecule has 2 aromatic rings. The summed E-state index contributed by atoms with van der Waals surface area (Å²) in [5.41, 5.74) is 0.431. The topological polar surface area (TPSA) is 96.3 Å². The molecule has 0 radical (unpaired) electrons. The van der Waals surface area contributed by atoms with Crippen LogP contribution in [0.15, 0.2) is 30.6 Å². The number of rotatable bonds is 7. The van der Waals surface area contributed by atoms with Gasteiger partial charge in [0.1, 0.15) is 11.2 Å². The van der Waals surface area contributed by atoms with Crippen molar-refractivity contribution < 1.29 is 14.4 Å². The number of aromatic nitrogens is 2. The molecule has 1 aromatic heterocycles. The van der Waals surface area contributed by atoms with Crippen LogP contribution in [0.5, 0.6) is 0 Å². The van der Waals surface area contributed by atoms with Crippen molar-refractivity contribution in [2.24, 2.45) is 0 Å². The molecule has 180 valence electrons. The van der Waals surface area contributed by atoms with Gasteiger partial charge in [-0.1, -0.05) is 36.6 Å². The number of benzene rings is 1. The van der Waals surface area contributed by atoms with Crippen LogP contribution in [-0.2, 0) is 17.8 Å². The highest BCUT2D eigenvalue weighted by Gasteiger charge is 2.54. The van der Waals surface area contributed by atoms with Crippen molar-refractivity contribution >= 4 is 29.3 Å². The fourth-order valence-electron chi connectivity index (χ4n) is 5.19. The molecular weight excluding hydrogens is 454 g/mol. The van der Waals surface area contributed by atoms with Gasteiger partial charge in [-0.05, 0) is 56.7 Å². The van der Waals surface area contributed by atoms with Gasteiger partial charge in [-0.2, -0.15) is 0 Å². The first-order valence-corrected chi connectivity index (χ1v) is 12.5. The summed E-state index contributed by atoms with van der Waals surface area (Å²) in [6.07, 6.45) is 8.09. The minimum atomic E-state index is -1.00. The zero-order chi connectivity index (χ0) is 23.9. The molecule has 5 rings (SSSR count). The second-order valence-corrected chi connectivity index (χ2v) is 10.3. The number of hydrogen-bond acceptors (Lipinski definition) is 4. The lowest BCUT2D eigenvalue weighted by Crippen LogP contribution is -2.65. The SMILES string of the molecule is CC1(C(=O)NC2CCCC2)Cn2cnc(C(=O)NCCc3ccc(Cl)cc3)c2C(=O)N1C1CC1. The molecule has 9 heteroatoms. The molecule has 0 bridgehead atoms. The Morgan fingerprint density at radius 2 is 1.85 bits per heavy atom. The maximum atomic E-state index is 13.7. The van der Waals surface area contributed by atoms with Gasteiger partial charge in [0, 0.05) is 23.7 Å². The van der Waals surface area contributed by atoms with Crippen molar-refractivity contribution in [1.82, 2.24) is 25.1 Å². The number of halogens is 1. The van der Waals surface area contributed by atoms with E-state index in [4.69, 9.17) is 11.6 Å². The molecule has 8 nitrogen and oxygen atoms in total. The highest BCUT2D eigenvalue weighted by atomic mass is 35.5. The van der Waals surface area contributed by atoms with Crippen LogP contribution in [0.3, 0.4) is 0 Å². The van der Waals surface area contributed by atoms with Crippen LogP contribution in [0.2, 0.25) is 5.02 Å². The Balaban J connectivity index is 1.32. The summed E-state index contributed by atoms with van der Waals surface area (Å²) in [7, 11) is 0. The average molecular weight is 484 g/mol. The van der Waals surface area contributed by atoms with Crippen molar-refractivity contribution in [1.29, 1.82) is 0 Å². The summed E-state index contributed by atoms with van der Waals surface area (Å²) >= 11 is 5.92. The summed E-state index contributed by atoms with van der Waals surface area (Å²) in [5, 5.41) is 6.71. The molecular formula is C25H30ClN5O3. The standard InChI is InChI=1S/C25H30ClN5O3/c1-25(24(34)29-18-4-2-3-5-18)14-30-15-28-20(21(30)23(33)31(25)19-10-11-19)22(32)27-13-12-16-6-8-17(26)9-7-16/h6-9,15,18-19H,2-5,10-14H2,1H3,(H,27,32)(H,29,34). The number of imidazole rings is 1. The Bertz CT molecular complexity index is 1100. The molecule has 1 atom stereocenters. The Morgan fingerprint density at radius 3 is 2.53 bits per heavy atom. The van der Waals surface area contributed by atoms with Gasteiger partial charge in [-0.15, -0.1) is 0 Å². The number of nitrogens with zero attached hydrogens (tertiary/aromatic N) is 3. The minimum absolute atomic E-state index is 0.0243. The van der Waals surface area contributed by atoms with E-state index in [9.17, 15) is 14.4 Å². The van der Waals surface area contributed by atoms with Gasteiger partial charge >= 0.3 is 0 Å². The average Bonchev–Trinajstić information content (AvgIpc) is 3.32. The first-order chi connectivity index (χ1) is 16.4. The van der Waals surface area contributed by atoms with Crippen molar-refractivity contribution in [3.05, 3.63) is 52.6 Å². The van der Waals surface area contributed by atoms with Crippen LogP contribution < -0.4 is 10.6 Å². The van der Waals surface area contributed by atoms with Crippen LogP contribution in [-0.4, -0.2) is 56.3 Å². The number of nitrogens with one attached hydrogen (secondary N) is 2. The number of fused-ring (bicyclic) bond motifs is 1. The van der Waals surface area contributed by atoms with E-state index in [1.165, 1.54) is 6.33 Å². The number of carbonyl (C=O) groups is 3. The molecule has 34 heavy (non-hydrogen) atoms. The molecule has 0 spiro atoms. The fraction of sp³-hybridized carbons (Fsp3) is 0.520. The number of carbonyl (C=O) groups excluding carboxylic acids is 3. The van der Waals surface area contributed by atoms with E-state index in [0.29, 0.717) is 18.0 Å². The summed E-state index contributed by atoms with van der Waals surface area (Å²) < 4.78 is 1.67. The highest BCUT2D eigenvalue weighted by Crippen LogP contribution is 2.39. The third-order valence-electron chi connectivity index (χ3n) is 7.19. The minimum Gasteiger partial charge on any atom is -0.351 e. The Morgan fingerprint density at radius 1 is 1.15 bits per heavy atom. The Labute approximate surface area is 204 Å². The van der Waals surface area contributed by atoms with Gasteiger partial charge in [0.15, 0.2) is 5.69 Å². The van der Waals surface area contributed by atoms with Gasteiger partial charge in [0.25, 0.3) is 11.8 Å². The first-order valence-electron chi connectivity index (χ1n) is 12.1. The van der Waals surface area contributed by atoms with Gasteiger partial charge in [0.05, 0.1) is 12.9 Å². The molecule has 2 aliphatic carbocycles. The molecule has 3 aliphatic rings. The monoisotopic (exact) mass is 483 g/mol. The van der Waals surface area contributed by atoms with Gasteiger partial charge in [0.2, 0.25) is 5.91 Å². The van der Waals surface area contributed by atoms with Gasteiger partial charge in [-0.25, -0.2) is 4.98 Å². The van der Waals surface area contributed by atoms with E-state index in [1.807, 2.05) is 31.2 Å². The number of amides is 3. The van der Waals surface area contributed by atoms with E-state index in [2.05, 4.69) is 15.6 Å². The van der Waals surface area contributed by atoms with Crippen molar-refractivity contribution in [2.75, 3.05) is 6.54 Å². The smallest absolute Gasteiger partial charge is 0.274 e. The predicted octanol–water partition coefficient (Wildman–Crippen LogP) is 2.94. The molecule has 0 saturated heterocycles. The largest absolute Gasteiger partial charge is 0.351 e. The lowest BCUT2D eigenvalue weighted by molar-refractivity contribution is -0.134. The van der Waals surface area contributed by atoms with Crippen molar-refractivity contribution in [2.45, 2.75) is 76.0 Å². The summed E-state index contributed by atoms with van der Waals surface area (Å²) in [5.74, 6) is -0.794. The van der Waals surface area contributed by atoms with Crippen molar-refractivity contribution in [3.63, 3.8) is 0 Å². The molecule has 2 fully saturated rings. The van der Waals surface area contributed by atoms with E-state index in [0.717, 1.165) is 44.1 Å². The third-order valence-corrected chi connectivity index (χ3v) is 7.44. The first kappa shape index (κ1) is 22.9. The van der Waals surface area contributed by atoms with Crippen LogP contribution in [0.1, 0.15) is 72.0 Å². The van der Waals surface area contributed by atoms with Gasteiger partial charge < -0.3 is 20.1 Å². The maximum Gasteiger partial charge on any atom is 0.274 e. The quantitative estimate of drug-likeness (QED) is 0.632. The van der Waals surface area contributed by atoms with E-state index >= 15 is 0 Å². The predicted molar refractivity (Wildman–Crippen MR) is 128 cm³/mol. The third kappa shape index (κ3) is 4.31. The summed E-state index contributed by atoms with van der Waals surface area (Å²) in [4.78, 5) is 46.0.